The number of hydrogen-bond donors (Lipinski definition) is 1. The molecule has 0 amide bonds. The van der Waals surface area contributed by atoms with Crippen molar-refractivity contribution < 1.29 is 31.4 Å². The number of nitrogens with two attached hydrogens (primary N) is 1. The molecule has 13 heteroatoms. The van der Waals surface area contributed by atoms with Crippen LogP contribution in [0.5, 0.6) is 5.75 Å². The van der Waals surface area contributed by atoms with Crippen LogP contribution in [0.4, 0.5) is 27.6 Å². The number of aromatic nitrogens is 3. The van der Waals surface area contributed by atoms with Crippen LogP contribution in [-0.2, 0) is 18.0 Å². The average molecular weight is 505 g/mol. The van der Waals surface area contributed by atoms with Crippen molar-refractivity contribution >= 4 is 24.8 Å². The number of fused-ring (bicyclic) bond motifs is 1. The quantitative estimate of drug-likeness (QED) is 0.249. The SMILES string of the molecule is C[Si](C)(C)CCOCn1c(Cn2cccc(N)c2=O)nc2c(OC(F)(F)C(F)F)cc(F)cc21. The van der Waals surface area contributed by atoms with Gasteiger partial charge < -0.3 is 24.3 Å². The fourth-order valence-electron chi connectivity index (χ4n) is 3.11. The van der Waals surface area contributed by atoms with E-state index in [-0.39, 0.29) is 35.8 Å². The maximum Gasteiger partial charge on any atom is 0.461 e. The van der Waals surface area contributed by atoms with Crippen LogP contribution < -0.4 is 16.0 Å². The molecule has 2 heterocycles. The van der Waals surface area contributed by atoms with Crippen molar-refractivity contribution in [1.82, 2.24) is 14.1 Å². The predicted octanol–water partition coefficient (Wildman–Crippen LogP) is 4.52. The van der Waals surface area contributed by atoms with Crippen LogP contribution in [0.25, 0.3) is 11.0 Å². The van der Waals surface area contributed by atoms with Crippen LogP contribution >= 0.6 is 0 Å². The van der Waals surface area contributed by atoms with Gasteiger partial charge in [-0.3, -0.25) is 4.79 Å². The second-order valence-electron chi connectivity index (χ2n) is 8.94. The first-order valence-electron chi connectivity index (χ1n) is 10.3. The smallest absolute Gasteiger partial charge is 0.426 e. The molecule has 34 heavy (non-hydrogen) atoms. The topological polar surface area (TPSA) is 84.3 Å². The number of rotatable bonds is 10. The highest BCUT2D eigenvalue weighted by atomic mass is 28.3. The summed E-state index contributed by atoms with van der Waals surface area (Å²) in [7, 11) is -1.42. The molecule has 7 nitrogen and oxygen atoms in total. The van der Waals surface area contributed by atoms with E-state index in [1.165, 1.54) is 27.5 Å². The number of nitrogen functional groups attached to an aromatic ring is 1. The van der Waals surface area contributed by atoms with Gasteiger partial charge in [-0.25, -0.2) is 9.37 Å². The number of nitrogens with zero attached hydrogens (tertiary/aromatic N) is 3. The highest BCUT2D eigenvalue weighted by Crippen LogP contribution is 2.34. The van der Waals surface area contributed by atoms with Crippen molar-refractivity contribution in [3.05, 3.63) is 52.5 Å². The number of halogens is 5. The summed E-state index contributed by atoms with van der Waals surface area (Å²) < 4.78 is 79.4. The van der Waals surface area contributed by atoms with Gasteiger partial charge in [-0.15, -0.1) is 0 Å². The van der Waals surface area contributed by atoms with Gasteiger partial charge in [0.1, 0.15) is 23.9 Å². The Labute approximate surface area is 192 Å². The predicted molar refractivity (Wildman–Crippen MR) is 120 cm³/mol. The van der Waals surface area contributed by atoms with Gasteiger partial charge >= 0.3 is 12.5 Å². The van der Waals surface area contributed by atoms with Crippen molar-refractivity contribution in [3.8, 4) is 5.75 Å². The number of benzene rings is 1. The molecule has 0 aliphatic heterocycles. The molecule has 3 rings (SSSR count). The van der Waals surface area contributed by atoms with Crippen molar-refractivity contribution in [1.29, 1.82) is 0 Å². The largest absolute Gasteiger partial charge is 0.461 e. The summed E-state index contributed by atoms with van der Waals surface area (Å²) in [6.45, 7) is 6.55. The fraction of sp³-hybridized carbons (Fsp3) is 0.429. The Morgan fingerprint density at radius 1 is 1.24 bits per heavy atom. The molecule has 2 aromatic heterocycles. The third kappa shape index (κ3) is 5.94. The number of hydrogen-bond acceptors (Lipinski definition) is 5. The summed E-state index contributed by atoms with van der Waals surface area (Å²) >= 11 is 0. The van der Waals surface area contributed by atoms with Gasteiger partial charge in [0.2, 0.25) is 0 Å². The summed E-state index contributed by atoms with van der Waals surface area (Å²) in [6, 6.07) is 5.33. The van der Waals surface area contributed by atoms with Crippen molar-refractivity contribution in [2.24, 2.45) is 0 Å². The zero-order valence-corrected chi connectivity index (χ0v) is 19.8. The molecule has 3 aromatic rings. The Hall–Kier alpha value is -2.93. The molecule has 0 atom stereocenters. The molecule has 0 fully saturated rings. The molecule has 0 saturated heterocycles. The van der Waals surface area contributed by atoms with Gasteiger partial charge in [-0.1, -0.05) is 19.6 Å². The Kier molecular flexibility index (Phi) is 7.36. The standard InChI is InChI=1S/C21H25F5N4O3Si/c1-34(2,3)8-7-32-12-30-15-9-13(22)10-16(33-21(25,26)20(23)24)18(15)28-17(30)11-29-6-4-5-14(27)19(29)31/h4-6,9-10,20H,7-8,11-12,27H2,1-3H3. The van der Waals surface area contributed by atoms with Crippen molar-refractivity contribution in [2.45, 2.75) is 51.5 Å². The Bertz CT molecular complexity index is 1220. The molecule has 0 unspecified atom stereocenters. The third-order valence-corrected chi connectivity index (χ3v) is 6.65. The molecule has 2 N–H and O–H groups in total. The Balaban J connectivity index is 2.07. The molecule has 1 aromatic carbocycles. The normalized spacial score (nSPS) is 12.6. The summed E-state index contributed by atoms with van der Waals surface area (Å²) in [5, 5.41) is 0. The van der Waals surface area contributed by atoms with Crippen LogP contribution in [0.1, 0.15) is 5.82 Å². The second-order valence-corrected chi connectivity index (χ2v) is 14.6. The number of pyridine rings is 1. The van der Waals surface area contributed by atoms with Gasteiger partial charge in [-0.2, -0.15) is 17.6 Å². The molecule has 0 aliphatic rings. The monoisotopic (exact) mass is 504 g/mol. The fourth-order valence-corrected chi connectivity index (χ4v) is 3.86. The zero-order chi connectivity index (χ0) is 25.3. The third-order valence-electron chi connectivity index (χ3n) is 4.94. The lowest BCUT2D eigenvalue weighted by atomic mass is 10.3. The van der Waals surface area contributed by atoms with Gasteiger partial charge in [0.15, 0.2) is 5.75 Å². The van der Waals surface area contributed by atoms with Gasteiger partial charge in [0.05, 0.1) is 17.7 Å². The minimum absolute atomic E-state index is 0.0139. The van der Waals surface area contributed by atoms with Crippen LogP contribution in [0, 0.1) is 5.82 Å². The molecule has 0 spiro atoms. The second kappa shape index (κ2) is 9.74. The highest BCUT2D eigenvalue weighted by molar-refractivity contribution is 6.76. The Morgan fingerprint density at radius 2 is 1.94 bits per heavy atom. The molecule has 186 valence electrons. The zero-order valence-electron chi connectivity index (χ0n) is 18.8. The number of imidazole rings is 1. The number of ether oxygens (including phenoxy) is 2. The Morgan fingerprint density at radius 3 is 2.59 bits per heavy atom. The molecule has 0 saturated carbocycles. The van der Waals surface area contributed by atoms with Crippen LogP contribution in [-0.4, -0.2) is 41.3 Å². The lowest BCUT2D eigenvalue weighted by molar-refractivity contribution is -0.252. The van der Waals surface area contributed by atoms with Crippen LogP contribution in [0.2, 0.25) is 25.7 Å². The minimum Gasteiger partial charge on any atom is -0.426 e. The van der Waals surface area contributed by atoms with Crippen molar-refractivity contribution in [3.63, 3.8) is 0 Å². The molecule has 0 radical (unpaired) electrons. The minimum atomic E-state index is -4.86. The maximum atomic E-state index is 14.3. The van der Waals surface area contributed by atoms with E-state index in [1.807, 2.05) is 0 Å². The lowest BCUT2D eigenvalue weighted by Crippen LogP contribution is -2.33. The van der Waals surface area contributed by atoms with E-state index in [0.717, 1.165) is 12.1 Å². The van der Waals surface area contributed by atoms with E-state index in [4.69, 9.17) is 10.5 Å². The maximum absolute atomic E-state index is 14.3. The first kappa shape index (κ1) is 25.7. The van der Waals surface area contributed by atoms with E-state index in [2.05, 4.69) is 29.4 Å². The molecule has 0 aliphatic carbocycles. The average Bonchev–Trinajstić information content (AvgIpc) is 3.05. The molecular formula is C21H25F5N4O3Si. The van der Waals surface area contributed by atoms with E-state index in [9.17, 15) is 26.7 Å². The number of alkyl halides is 4. The van der Waals surface area contributed by atoms with E-state index >= 15 is 0 Å². The van der Waals surface area contributed by atoms with E-state index in [0.29, 0.717) is 12.7 Å². The van der Waals surface area contributed by atoms with E-state index < -0.39 is 37.7 Å². The summed E-state index contributed by atoms with van der Waals surface area (Å²) in [5.74, 6) is -1.72. The lowest BCUT2D eigenvalue weighted by Gasteiger charge is -2.17. The first-order valence-corrected chi connectivity index (χ1v) is 14.1. The van der Waals surface area contributed by atoms with Gasteiger partial charge in [0, 0.05) is 33.0 Å². The highest BCUT2D eigenvalue weighted by Gasteiger charge is 2.44. The summed E-state index contributed by atoms with van der Waals surface area (Å²) in [6.07, 6.45) is -7.55. The van der Waals surface area contributed by atoms with E-state index in [1.54, 1.807) is 0 Å². The number of anilines is 1. The summed E-state index contributed by atoms with van der Waals surface area (Å²) in [5.41, 5.74) is 4.83. The van der Waals surface area contributed by atoms with Crippen LogP contribution in [0.3, 0.4) is 0 Å². The molecule has 0 bridgehead atoms. The van der Waals surface area contributed by atoms with Gasteiger partial charge in [0.25, 0.3) is 5.56 Å². The first-order chi connectivity index (χ1) is 15.8. The summed E-state index contributed by atoms with van der Waals surface area (Å²) in [4.78, 5) is 16.6. The molecular weight excluding hydrogens is 479 g/mol. The van der Waals surface area contributed by atoms with Crippen molar-refractivity contribution in [2.75, 3.05) is 12.3 Å². The van der Waals surface area contributed by atoms with Gasteiger partial charge in [-0.05, 0) is 18.2 Å². The van der Waals surface area contributed by atoms with Crippen LogP contribution in [0.15, 0.2) is 35.3 Å².